The fourth-order valence-corrected chi connectivity index (χ4v) is 9.84. The molecule has 246 valence electrons. The van der Waals surface area contributed by atoms with E-state index in [0.717, 1.165) is 39.3 Å². The second-order valence-corrected chi connectivity index (χ2v) is 18.2. The first-order valence-corrected chi connectivity index (χ1v) is 19.3. The third kappa shape index (κ3) is 6.54. The largest absolute Gasteiger partial charge is 0.456 e. The molecular formula is C44H42NO2PS. The van der Waals surface area contributed by atoms with E-state index >= 15 is 0 Å². The van der Waals surface area contributed by atoms with E-state index in [1.54, 1.807) is 0 Å². The summed E-state index contributed by atoms with van der Waals surface area (Å²) in [5, 5.41) is 3.74. The molecule has 49 heavy (non-hydrogen) atoms. The normalized spacial score (nSPS) is 14.7. The van der Waals surface area contributed by atoms with Crippen molar-refractivity contribution in [1.29, 1.82) is 0 Å². The van der Waals surface area contributed by atoms with E-state index in [9.17, 15) is 4.21 Å². The third-order valence-electron chi connectivity index (χ3n) is 9.30. The summed E-state index contributed by atoms with van der Waals surface area (Å²) in [6.45, 7) is 10.6. The summed E-state index contributed by atoms with van der Waals surface area (Å²) in [7, 11) is -2.24. The number of benzene rings is 6. The molecule has 3 nitrogen and oxygen atoms in total. The monoisotopic (exact) mass is 679 g/mol. The molecule has 6 aromatic rings. The van der Waals surface area contributed by atoms with Gasteiger partial charge >= 0.3 is 0 Å². The van der Waals surface area contributed by atoms with Gasteiger partial charge in [0.2, 0.25) is 0 Å². The molecule has 1 heterocycles. The third-order valence-corrected chi connectivity index (χ3v) is 13.3. The molecule has 0 fully saturated rings. The molecule has 7 rings (SSSR count). The van der Waals surface area contributed by atoms with Gasteiger partial charge in [0.05, 0.1) is 21.8 Å². The van der Waals surface area contributed by atoms with Crippen LogP contribution in [0.3, 0.4) is 0 Å². The Bertz CT molecular complexity index is 2050. The highest BCUT2D eigenvalue weighted by Crippen LogP contribution is 2.52. The van der Waals surface area contributed by atoms with Crippen molar-refractivity contribution in [3.05, 3.63) is 174 Å². The molecule has 0 radical (unpaired) electrons. The lowest BCUT2D eigenvalue weighted by Crippen LogP contribution is -2.37. The molecule has 2 atom stereocenters. The quantitative estimate of drug-likeness (QED) is 0.163. The minimum Gasteiger partial charge on any atom is -0.456 e. The minimum atomic E-state index is -1.34. The molecule has 0 saturated carbocycles. The lowest BCUT2D eigenvalue weighted by atomic mass is 9.74. The standard InChI is InChI=1S/C44H42NO2PS/c1-43(2,3)49(46)45-40(33-29-27-32(28-30-33)31-17-9-6-10-18-31)36-23-15-24-37-41(36)47-42-38(44(37,4)5)25-16-26-39(42)48(34-19-11-7-12-20-34)35-21-13-8-14-22-35/h6-30,40,45H,1-5H3/t40-,49?/m0/s1. The summed E-state index contributed by atoms with van der Waals surface area (Å²) in [5.41, 5.74) is 6.25. The lowest BCUT2D eigenvalue weighted by molar-refractivity contribution is 0.413. The van der Waals surface area contributed by atoms with E-state index in [4.69, 9.17) is 4.74 Å². The van der Waals surface area contributed by atoms with Crippen molar-refractivity contribution in [3.63, 3.8) is 0 Å². The number of hydrogen-bond donors (Lipinski definition) is 1. The maximum atomic E-state index is 13.8. The van der Waals surface area contributed by atoms with E-state index in [2.05, 4.69) is 164 Å². The Hall–Kier alpha value is -4.34. The Balaban J connectivity index is 1.38. The van der Waals surface area contributed by atoms with Gasteiger partial charge in [-0.3, -0.25) is 0 Å². The predicted octanol–water partition coefficient (Wildman–Crippen LogP) is 9.68. The van der Waals surface area contributed by atoms with E-state index in [-0.39, 0.29) is 11.5 Å². The van der Waals surface area contributed by atoms with Crippen LogP contribution >= 0.6 is 7.92 Å². The minimum absolute atomic E-state index is 0.339. The Kier molecular flexibility index (Phi) is 9.15. The Labute approximate surface area is 294 Å². The maximum Gasteiger partial charge on any atom is 0.139 e. The Morgan fingerprint density at radius 2 is 1.12 bits per heavy atom. The Morgan fingerprint density at radius 3 is 1.69 bits per heavy atom. The second kappa shape index (κ2) is 13.5. The maximum absolute atomic E-state index is 13.8. The number of nitrogens with one attached hydrogen (secondary N) is 1. The van der Waals surface area contributed by atoms with Crippen molar-refractivity contribution >= 4 is 34.8 Å². The summed E-state index contributed by atoms with van der Waals surface area (Å²) in [5.74, 6) is 1.75. The van der Waals surface area contributed by atoms with Crippen LogP contribution in [0, 0.1) is 0 Å². The van der Waals surface area contributed by atoms with Crippen molar-refractivity contribution in [1.82, 2.24) is 4.72 Å². The summed E-state index contributed by atoms with van der Waals surface area (Å²) in [6, 6.07) is 53.2. The molecule has 1 N–H and O–H groups in total. The van der Waals surface area contributed by atoms with Crippen LogP contribution in [0.2, 0.25) is 0 Å². The topological polar surface area (TPSA) is 38.3 Å². The van der Waals surface area contributed by atoms with E-state index in [1.807, 2.05) is 26.8 Å². The SMILES string of the molecule is CC1(C)c2cccc([C@@H](NS(=O)C(C)(C)C)c3ccc(-c4ccccc4)cc3)c2Oc2c(P(c3ccccc3)c3ccccc3)cccc21. The van der Waals surface area contributed by atoms with Crippen LogP contribution in [0.15, 0.2) is 152 Å². The fourth-order valence-electron chi connectivity index (χ4n) is 6.61. The molecule has 1 aliphatic heterocycles. The number of hydrogen-bond acceptors (Lipinski definition) is 2. The highest BCUT2D eigenvalue weighted by molar-refractivity contribution is 7.84. The predicted molar refractivity (Wildman–Crippen MR) is 209 cm³/mol. The van der Waals surface area contributed by atoms with Gasteiger partial charge in [0.1, 0.15) is 11.5 Å². The molecule has 0 spiro atoms. The van der Waals surface area contributed by atoms with E-state index < -0.39 is 23.7 Å². The molecule has 0 saturated heterocycles. The van der Waals surface area contributed by atoms with E-state index in [1.165, 1.54) is 21.5 Å². The molecule has 0 aromatic heterocycles. The number of fused-ring (bicyclic) bond motifs is 2. The molecule has 1 unspecified atom stereocenters. The Morgan fingerprint density at radius 1 is 0.612 bits per heavy atom. The lowest BCUT2D eigenvalue weighted by Gasteiger charge is -2.38. The van der Waals surface area contributed by atoms with Gasteiger partial charge in [-0.25, -0.2) is 8.93 Å². The van der Waals surface area contributed by atoms with Crippen LogP contribution in [-0.4, -0.2) is 8.96 Å². The highest BCUT2D eigenvalue weighted by Gasteiger charge is 2.39. The van der Waals surface area contributed by atoms with Crippen molar-refractivity contribution in [3.8, 4) is 22.6 Å². The molecule has 6 aromatic carbocycles. The van der Waals surface area contributed by atoms with Crippen LogP contribution in [0.25, 0.3) is 11.1 Å². The van der Waals surface area contributed by atoms with Crippen molar-refractivity contribution in [2.75, 3.05) is 0 Å². The first-order valence-electron chi connectivity index (χ1n) is 16.8. The molecule has 0 amide bonds. The molecule has 1 aliphatic rings. The zero-order chi connectivity index (χ0) is 34.2. The molecular weight excluding hydrogens is 638 g/mol. The van der Waals surface area contributed by atoms with Gasteiger partial charge in [-0.05, 0) is 56.0 Å². The second-order valence-electron chi connectivity index (χ2n) is 14.0. The number of ether oxygens (including phenoxy) is 1. The smallest absolute Gasteiger partial charge is 0.139 e. The van der Waals surface area contributed by atoms with Crippen LogP contribution in [0.5, 0.6) is 11.5 Å². The van der Waals surface area contributed by atoms with Gasteiger partial charge in [-0.2, -0.15) is 0 Å². The first-order chi connectivity index (χ1) is 23.6. The summed E-state index contributed by atoms with van der Waals surface area (Å²) in [4.78, 5) is 0. The molecule has 0 aliphatic carbocycles. The summed E-state index contributed by atoms with van der Waals surface area (Å²) < 4.78 is 24.1. The molecule has 0 bridgehead atoms. The van der Waals surface area contributed by atoms with Crippen LogP contribution in [-0.2, 0) is 16.4 Å². The first kappa shape index (κ1) is 33.2. The van der Waals surface area contributed by atoms with Gasteiger partial charge in [-0.15, -0.1) is 0 Å². The van der Waals surface area contributed by atoms with Gasteiger partial charge in [0.25, 0.3) is 0 Å². The average molecular weight is 680 g/mol. The van der Waals surface area contributed by atoms with Gasteiger partial charge in [-0.1, -0.05) is 166 Å². The van der Waals surface area contributed by atoms with Crippen LogP contribution in [0.4, 0.5) is 0 Å². The van der Waals surface area contributed by atoms with Crippen LogP contribution in [0.1, 0.15) is 62.9 Å². The van der Waals surface area contributed by atoms with Gasteiger partial charge in [0.15, 0.2) is 0 Å². The fraction of sp³-hybridized carbons (Fsp3) is 0.182. The van der Waals surface area contributed by atoms with Crippen molar-refractivity contribution in [2.24, 2.45) is 0 Å². The zero-order valence-electron chi connectivity index (χ0n) is 28.7. The van der Waals surface area contributed by atoms with Crippen molar-refractivity contribution < 1.29 is 8.95 Å². The summed E-state index contributed by atoms with van der Waals surface area (Å²) in [6.07, 6.45) is 0. The van der Waals surface area contributed by atoms with Crippen molar-refractivity contribution in [2.45, 2.75) is 50.8 Å². The van der Waals surface area contributed by atoms with Crippen LogP contribution < -0.4 is 25.4 Å². The average Bonchev–Trinajstić information content (AvgIpc) is 3.12. The highest BCUT2D eigenvalue weighted by atomic mass is 32.2. The zero-order valence-corrected chi connectivity index (χ0v) is 30.4. The van der Waals surface area contributed by atoms with Gasteiger partial charge < -0.3 is 4.74 Å². The number of para-hydroxylation sites is 2. The summed E-state index contributed by atoms with van der Waals surface area (Å²) >= 11 is 0. The number of rotatable bonds is 8. The van der Waals surface area contributed by atoms with E-state index in [0.29, 0.717) is 0 Å². The van der Waals surface area contributed by atoms with Gasteiger partial charge in [0, 0.05) is 27.4 Å². The molecule has 5 heteroatoms.